The number of benzene rings is 2. The zero-order chi connectivity index (χ0) is 15.5. The first-order valence-corrected chi connectivity index (χ1v) is 7.20. The summed E-state index contributed by atoms with van der Waals surface area (Å²) >= 11 is 0. The molecule has 1 heterocycles. The van der Waals surface area contributed by atoms with Crippen molar-refractivity contribution in [2.75, 3.05) is 13.1 Å². The van der Waals surface area contributed by atoms with Crippen LogP contribution in [0.15, 0.2) is 36.4 Å². The first kappa shape index (κ1) is 15.1. The Hall–Kier alpha value is -1.85. The van der Waals surface area contributed by atoms with Gasteiger partial charge < -0.3 is 10.1 Å². The van der Waals surface area contributed by atoms with E-state index in [1.807, 2.05) is 0 Å². The maximum Gasteiger partial charge on any atom is 0.166 e. The van der Waals surface area contributed by atoms with Crippen molar-refractivity contribution in [1.29, 1.82) is 0 Å². The molecule has 1 saturated heterocycles. The van der Waals surface area contributed by atoms with Crippen LogP contribution in [0.2, 0.25) is 0 Å². The van der Waals surface area contributed by atoms with Crippen LogP contribution in [0.3, 0.4) is 0 Å². The summed E-state index contributed by atoms with van der Waals surface area (Å²) in [5, 5.41) is 3.17. The van der Waals surface area contributed by atoms with Crippen molar-refractivity contribution in [2.24, 2.45) is 0 Å². The molecule has 1 unspecified atom stereocenters. The Morgan fingerprint density at radius 3 is 2.73 bits per heavy atom. The van der Waals surface area contributed by atoms with Crippen LogP contribution in [0.5, 0.6) is 0 Å². The Balaban J connectivity index is 1.91. The number of hydrogen-bond donors (Lipinski definition) is 1. The van der Waals surface area contributed by atoms with Gasteiger partial charge in [0.1, 0.15) is 5.82 Å². The normalized spacial score (nSPS) is 17.9. The van der Waals surface area contributed by atoms with Gasteiger partial charge in [-0.15, -0.1) is 0 Å². The molecule has 5 heteroatoms. The first-order valence-electron chi connectivity index (χ1n) is 7.20. The molecule has 0 spiro atoms. The van der Waals surface area contributed by atoms with Crippen molar-refractivity contribution in [3.63, 3.8) is 0 Å². The van der Waals surface area contributed by atoms with Crippen LogP contribution in [-0.2, 0) is 11.3 Å². The van der Waals surface area contributed by atoms with E-state index in [0.717, 1.165) is 25.6 Å². The summed E-state index contributed by atoms with van der Waals surface area (Å²) in [7, 11) is 0. The van der Waals surface area contributed by atoms with Crippen LogP contribution in [0.4, 0.5) is 13.2 Å². The largest absolute Gasteiger partial charge is 0.372 e. The Morgan fingerprint density at radius 2 is 1.95 bits per heavy atom. The van der Waals surface area contributed by atoms with Gasteiger partial charge in [-0.25, -0.2) is 13.2 Å². The monoisotopic (exact) mass is 307 g/mol. The van der Waals surface area contributed by atoms with Gasteiger partial charge >= 0.3 is 0 Å². The smallest absolute Gasteiger partial charge is 0.166 e. The van der Waals surface area contributed by atoms with E-state index in [-0.39, 0.29) is 18.3 Å². The molecule has 0 bridgehead atoms. The Morgan fingerprint density at radius 1 is 1.09 bits per heavy atom. The topological polar surface area (TPSA) is 21.3 Å². The minimum absolute atomic E-state index is 0.0634. The van der Waals surface area contributed by atoms with E-state index in [0.29, 0.717) is 11.1 Å². The van der Waals surface area contributed by atoms with Crippen LogP contribution in [-0.4, -0.2) is 19.2 Å². The Kier molecular flexibility index (Phi) is 4.45. The second kappa shape index (κ2) is 6.50. The van der Waals surface area contributed by atoms with Gasteiger partial charge in [-0.2, -0.15) is 0 Å². The predicted molar refractivity (Wildman–Crippen MR) is 77.8 cm³/mol. The number of rotatable bonds is 4. The minimum atomic E-state index is -0.933. The molecular weight excluding hydrogens is 291 g/mol. The lowest BCUT2D eigenvalue weighted by Gasteiger charge is -2.14. The highest BCUT2D eigenvalue weighted by molar-refractivity contribution is 5.68. The average molecular weight is 307 g/mol. The molecule has 0 aromatic heterocycles. The molecule has 2 aromatic carbocycles. The molecule has 0 saturated carbocycles. The van der Waals surface area contributed by atoms with E-state index < -0.39 is 17.5 Å². The molecule has 1 aliphatic rings. The molecule has 0 radical (unpaired) electrons. The lowest BCUT2D eigenvalue weighted by molar-refractivity contribution is 0.0543. The van der Waals surface area contributed by atoms with E-state index >= 15 is 0 Å². The SMILES string of the molecule is Fc1ccc(-c2cccc(F)c2F)c(COC2CCNC2)c1. The Bertz CT molecular complexity index is 669. The highest BCUT2D eigenvalue weighted by atomic mass is 19.2. The molecule has 1 aliphatic heterocycles. The first-order chi connectivity index (χ1) is 10.6. The standard InChI is InChI=1S/C17H16F3NO/c18-12-4-5-14(15-2-1-3-16(19)17(15)20)11(8-12)10-22-13-6-7-21-9-13/h1-5,8,13,21H,6-7,9-10H2. The predicted octanol–water partition coefficient (Wildman–Crippen LogP) is 3.65. The molecular formula is C17H16F3NO. The van der Waals surface area contributed by atoms with Gasteiger partial charge in [0.2, 0.25) is 0 Å². The lowest BCUT2D eigenvalue weighted by atomic mass is 9.99. The number of halogens is 3. The summed E-state index contributed by atoms with van der Waals surface area (Å²) < 4.78 is 46.6. The van der Waals surface area contributed by atoms with Crippen LogP contribution in [0, 0.1) is 17.5 Å². The minimum Gasteiger partial charge on any atom is -0.372 e. The maximum atomic E-state index is 14.0. The van der Waals surface area contributed by atoms with Gasteiger partial charge in [0.15, 0.2) is 11.6 Å². The fourth-order valence-electron chi connectivity index (χ4n) is 2.63. The number of nitrogens with one attached hydrogen (secondary N) is 1. The molecule has 22 heavy (non-hydrogen) atoms. The quantitative estimate of drug-likeness (QED) is 0.931. The van der Waals surface area contributed by atoms with Gasteiger partial charge in [-0.05, 0) is 42.3 Å². The van der Waals surface area contributed by atoms with E-state index in [2.05, 4.69) is 5.32 Å². The van der Waals surface area contributed by atoms with Crippen molar-refractivity contribution < 1.29 is 17.9 Å². The lowest BCUT2D eigenvalue weighted by Crippen LogP contribution is -2.16. The zero-order valence-corrected chi connectivity index (χ0v) is 11.9. The van der Waals surface area contributed by atoms with Gasteiger partial charge in [0.05, 0.1) is 12.7 Å². The zero-order valence-electron chi connectivity index (χ0n) is 11.9. The third-order valence-electron chi connectivity index (χ3n) is 3.80. The van der Waals surface area contributed by atoms with Gasteiger partial charge in [0, 0.05) is 12.1 Å². The molecule has 0 aliphatic carbocycles. The highest BCUT2D eigenvalue weighted by Gasteiger charge is 2.18. The van der Waals surface area contributed by atoms with E-state index in [1.54, 1.807) is 0 Å². The molecule has 116 valence electrons. The molecule has 3 rings (SSSR count). The van der Waals surface area contributed by atoms with Crippen LogP contribution >= 0.6 is 0 Å². The summed E-state index contributed by atoms with van der Waals surface area (Å²) in [6, 6.07) is 7.97. The van der Waals surface area contributed by atoms with Crippen LogP contribution in [0.1, 0.15) is 12.0 Å². The number of ether oxygens (including phenoxy) is 1. The van der Waals surface area contributed by atoms with Crippen molar-refractivity contribution in [2.45, 2.75) is 19.1 Å². The summed E-state index contributed by atoms with van der Waals surface area (Å²) in [6.07, 6.45) is 0.951. The molecule has 1 N–H and O–H groups in total. The van der Waals surface area contributed by atoms with Crippen molar-refractivity contribution in [3.8, 4) is 11.1 Å². The van der Waals surface area contributed by atoms with Crippen LogP contribution < -0.4 is 5.32 Å². The second-order valence-electron chi connectivity index (χ2n) is 5.33. The average Bonchev–Trinajstić information content (AvgIpc) is 3.02. The summed E-state index contributed by atoms with van der Waals surface area (Å²) in [5.74, 6) is -2.28. The summed E-state index contributed by atoms with van der Waals surface area (Å²) in [4.78, 5) is 0. The summed E-state index contributed by atoms with van der Waals surface area (Å²) in [5.41, 5.74) is 1.07. The molecule has 0 amide bonds. The van der Waals surface area contributed by atoms with E-state index in [1.165, 1.54) is 30.3 Å². The fourth-order valence-corrected chi connectivity index (χ4v) is 2.63. The summed E-state index contributed by atoms with van der Waals surface area (Å²) in [6.45, 7) is 1.80. The Labute approximate surface area is 126 Å². The molecule has 2 nitrogen and oxygen atoms in total. The molecule has 2 aromatic rings. The van der Waals surface area contributed by atoms with Gasteiger partial charge in [-0.1, -0.05) is 18.2 Å². The fraction of sp³-hybridized carbons (Fsp3) is 0.294. The third-order valence-corrected chi connectivity index (χ3v) is 3.80. The van der Waals surface area contributed by atoms with Crippen molar-refractivity contribution in [1.82, 2.24) is 5.32 Å². The molecule has 1 fully saturated rings. The van der Waals surface area contributed by atoms with Crippen molar-refractivity contribution >= 4 is 0 Å². The maximum absolute atomic E-state index is 14.0. The van der Waals surface area contributed by atoms with Gasteiger partial charge in [0.25, 0.3) is 0 Å². The number of hydrogen-bond acceptors (Lipinski definition) is 2. The van der Waals surface area contributed by atoms with E-state index in [4.69, 9.17) is 4.74 Å². The molecule has 1 atom stereocenters. The highest BCUT2D eigenvalue weighted by Crippen LogP contribution is 2.29. The van der Waals surface area contributed by atoms with Crippen molar-refractivity contribution in [3.05, 3.63) is 59.4 Å². The van der Waals surface area contributed by atoms with E-state index in [9.17, 15) is 13.2 Å². The third kappa shape index (κ3) is 3.15. The second-order valence-corrected chi connectivity index (χ2v) is 5.33. The van der Waals surface area contributed by atoms with Crippen LogP contribution in [0.25, 0.3) is 11.1 Å². The van der Waals surface area contributed by atoms with Gasteiger partial charge in [-0.3, -0.25) is 0 Å².